The van der Waals surface area contributed by atoms with E-state index in [0.717, 1.165) is 36.8 Å². The van der Waals surface area contributed by atoms with Crippen molar-refractivity contribution in [1.29, 1.82) is 0 Å². The molecule has 90 valence electrons. The van der Waals surface area contributed by atoms with Crippen LogP contribution in [0.3, 0.4) is 0 Å². The van der Waals surface area contributed by atoms with E-state index in [-0.39, 0.29) is 12.5 Å². The van der Waals surface area contributed by atoms with Crippen LogP contribution in [0.25, 0.3) is 0 Å². The first-order chi connectivity index (χ1) is 8.31. The number of carbonyl (C=O) groups is 1. The molecule has 2 aliphatic rings. The van der Waals surface area contributed by atoms with Gasteiger partial charge < -0.3 is 20.1 Å². The summed E-state index contributed by atoms with van der Waals surface area (Å²) in [4.78, 5) is 11.2. The van der Waals surface area contributed by atoms with Crippen LogP contribution in [-0.2, 0) is 9.53 Å². The maximum absolute atomic E-state index is 11.2. The highest BCUT2D eigenvalue weighted by Crippen LogP contribution is 2.30. The molecule has 0 bridgehead atoms. The number of amides is 1. The van der Waals surface area contributed by atoms with Gasteiger partial charge >= 0.3 is 0 Å². The first-order valence-electron chi connectivity index (χ1n) is 5.72. The number of hydrogen-bond acceptors (Lipinski definition) is 4. The fraction of sp³-hybridized carbons (Fsp3) is 0.417. The Labute approximate surface area is 99.1 Å². The smallest absolute Gasteiger partial charge is 0.262 e. The molecule has 0 saturated carbocycles. The van der Waals surface area contributed by atoms with Crippen molar-refractivity contribution < 1.29 is 14.3 Å². The van der Waals surface area contributed by atoms with Gasteiger partial charge in [-0.15, -0.1) is 0 Å². The summed E-state index contributed by atoms with van der Waals surface area (Å²) in [5.41, 5.74) is 1.70. The summed E-state index contributed by atoms with van der Waals surface area (Å²) >= 11 is 0. The van der Waals surface area contributed by atoms with E-state index in [1.807, 2.05) is 18.2 Å². The number of fused-ring (bicyclic) bond motifs is 1. The lowest BCUT2D eigenvalue weighted by Gasteiger charge is -2.20. The van der Waals surface area contributed by atoms with Gasteiger partial charge in [-0.2, -0.15) is 0 Å². The van der Waals surface area contributed by atoms with Crippen LogP contribution in [0.2, 0.25) is 0 Å². The molecule has 1 atom stereocenters. The zero-order chi connectivity index (χ0) is 11.7. The van der Waals surface area contributed by atoms with Gasteiger partial charge in [0.25, 0.3) is 5.91 Å². The summed E-state index contributed by atoms with van der Waals surface area (Å²) in [5.74, 6) is 0.608. The summed E-state index contributed by atoms with van der Waals surface area (Å²) in [6.45, 7) is 1.64. The van der Waals surface area contributed by atoms with Crippen LogP contribution in [0.5, 0.6) is 5.75 Å². The summed E-state index contributed by atoms with van der Waals surface area (Å²) in [5, 5.41) is 6.16. The largest absolute Gasteiger partial charge is 0.482 e. The molecule has 2 aliphatic heterocycles. The third kappa shape index (κ3) is 2.19. The van der Waals surface area contributed by atoms with Gasteiger partial charge in [-0.3, -0.25) is 4.79 Å². The van der Waals surface area contributed by atoms with Crippen LogP contribution in [0.1, 0.15) is 6.42 Å². The van der Waals surface area contributed by atoms with Crippen molar-refractivity contribution in [3.8, 4) is 5.75 Å². The normalized spacial score (nSPS) is 22.6. The maximum atomic E-state index is 11.2. The van der Waals surface area contributed by atoms with Gasteiger partial charge in [0.1, 0.15) is 5.75 Å². The second-order valence-electron chi connectivity index (χ2n) is 4.25. The molecule has 1 aromatic rings. The molecule has 1 saturated heterocycles. The lowest BCUT2D eigenvalue weighted by Crippen LogP contribution is -2.25. The van der Waals surface area contributed by atoms with E-state index >= 15 is 0 Å². The van der Waals surface area contributed by atoms with Crippen LogP contribution in [0.15, 0.2) is 18.2 Å². The second kappa shape index (κ2) is 4.25. The molecule has 17 heavy (non-hydrogen) atoms. The fourth-order valence-electron chi connectivity index (χ4n) is 2.06. The van der Waals surface area contributed by atoms with Crippen molar-refractivity contribution in [3.05, 3.63) is 18.2 Å². The molecule has 0 aromatic heterocycles. The average molecular weight is 234 g/mol. The molecule has 1 fully saturated rings. The minimum atomic E-state index is -0.112. The lowest BCUT2D eigenvalue weighted by atomic mass is 10.2. The lowest BCUT2D eigenvalue weighted by molar-refractivity contribution is -0.118. The third-order valence-corrected chi connectivity index (χ3v) is 2.91. The van der Waals surface area contributed by atoms with E-state index in [0.29, 0.717) is 6.04 Å². The molecule has 0 aliphatic carbocycles. The van der Waals surface area contributed by atoms with Crippen molar-refractivity contribution in [2.75, 3.05) is 30.5 Å². The number of ether oxygens (including phenoxy) is 2. The van der Waals surface area contributed by atoms with Crippen LogP contribution in [0, 0.1) is 0 Å². The summed E-state index contributed by atoms with van der Waals surface area (Å²) in [6.07, 6.45) is 1.01. The summed E-state index contributed by atoms with van der Waals surface area (Å²) < 4.78 is 10.6. The van der Waals surface area contributed by atoms with Gasteiger partial charge in [0.2, 0.25) is 0 Å². The minimum Gasteiger partial charge on any atom is -0.482 e. The Morgan fingerprint density at radius 2 is 2.35 bits per heavy atom. The Balaban J connectivity index is 1.77. The molecule has 1 unspecified atom stereocenters. The van der Waals surface area contributed by atoms with E-state index in [2.05, 4.69) is 10.6 Å². The maximum Gasteiger partial charge on any atom is 0.262 e. The topological polar surface area (TPSA) is 59.6 Å². The van der Waals surface area contributed by atoms with Gasteiger partial charge in [-0.25, -0.2) is 0 Å². The Kier molecular flexibility index (Phi) is 2.60. The number of carbonyl (C=O) groups excluding carboxylic acids is 1. The molecule has 5 heteroatoms. The Morgan fingerprint density at radius 3 is 3.18 bits per heavy atom. The predicted molar refractivity (Wildman–Crippen MR) is 63.4 cm³/mol. The molecular formula is C12H14N2O3. The van der Waals surface area contributed by atoms with Crippen LogP contribution >= 0.6 is 0 Å². The second-order valence-corrected chi connectivity index (χ2v) is 4.25. The van der Waals surface area contributed by atoms with Crippen LogP contribution in [0.4, 0.5) is 11.4 Å². The number of rotatable bonds is 2. The number of nitrogens with one attached hydrogen (secondary N) is 2. The van der Waals surface area contributed by atoms with Crippen LogP contribution < -0.4 is 15.4 Å². The Bertz CT molecular complexity index is 441. The standard InChI is InChI=1S/C12H14N2O3/c15-12-7-17-11-2-1-8(5-10(11)14-12)13-9-3-4-16-6-9/h1-2,5,9,13H,3-4,6-7H2,(H,14,15). The SMILES string of the molecule is O=C1COc2ccc(NC3CCOC3)cc2N1. The zero-order valence-corrected chi connectivity index (χ0v) is 9.36. The van der Waals surface area contributed by atoms with Gasteiger partial charge in [0.15, 0.2) is 6.61 Å². The highest BCUT2D eigenvalue weighted by molar-refractivity contribution is 5.96. The molecule has 0 spiro atoms. The monoisotopic (exact) mass is 234 g/mol. The van der Waals surface area contributed by atoms with Gasteiger partial charge in [0.05, 0.1) is 18.3 Å². The molecule has 2 heterocycles. The third-order valence-electron chi connectivity index (χ3n) is 2.91. The van der Waals surface area contributed by atoms with Gasteiger partial charge in [0, 0.05) is 12.3 Å². The first-order valence-corrected chi connectivity index (χ1v) is 5.72. The quantitative estimate of drug-likeness (QED) is 0.807. The average Bonchev–Trinajstić information content (AvgIpc) is 2.81. The Hall–Kier alpha value is -1.75. The van der Waals surface area contributed by atoms with Crippen molar-refractivity contribution >= 4 is 17.3 Å². The van der Waals surface area contributed by atoms with E-state index in [9.17, 15) is 4.79 Å². The molecule has 3 rings (SSSR count). The van der Waals surface area contributed by atoms with E-state index in [1.165, 1.54) is 0 Å². The van der Waals surface area contributed by atoms with Crippen molar-refractivity contribution in [2.24, 2.45) is 0 Å². The zero-order valence-electron chi connectivity index (χ0n) is 9.36. The minimum absolute atomic E-state index is 0.0935. The van der Waals surface area contributed by atoms with Crippen molar-refractivity contribution in [2.45, 2.75) is 12.5 Å². The fourth-order valence-corrected chi connectivity index (χ4v) is 2.06. The first kappa shape index (κ1) is 10.4. The molecule has 1 aromatic carbocycles. The number of hydrogen-bond donors (Lipinski definition) is 2. The summed E-state index contributed by atoms with van der Waals surface area (Å²) in [6, 6.07) is 6.07. The van der Waals surface area contributed by atoms with Gasteiger partial charge in [-0.05, 0) is 24.6 Å². The molecule has 5 nitrogen and oxygen atoms in total. The van der Waals surface area contributed by atoms with E-state index < -0.39 is 0 Å². The number of anilines is 2. The molecule has 2 N–H and O–H groups in total. The highest BCUT2D eigenvalue weighted by Gasteiger charge is 2.18. The number of benzene rings is 1. The van der Waals surface area contributed by atoms with Crippen molar-refractivity contribution in [3.63, 3.8) is 0 Å². The van der Waals surface area contributed by atoms with Crippen LogP contribution in [-0.4, -0.2) is 31.8 Å². The highest BCUT2D eigenvalue weighted by atomic mass is 16.5. The molecular weight excluding hydrogens is 220 g/mol. The molecule has 1 amide bonds. The molecule has 0 radical (unpaired) electrons. The predicted octanol–water partition coefficient (Wildman–Crippen LogP) is 1.22. The van der Waals surface area contributed by atoms with Gasteiger partial charge in [-0.1, -0.05) is 0 Å². The Morgan fingerprint density at radius 1 is 1.41 bits per heavy atom. The van der Waals surface area contributed by atoms with Crippen molar-refractivity contribution in [1.82, 2.24) is 0 Å². The summed E-state index contributed by atoms with van der Waals surface area (Å²) in [7, 11) is 0. The van der Waals surface area contributed by atoms with E-state index in [1.54, 1.807) is 0 Å². The van der Waals surface area contributed by atoms with E-state index in [4.69, 9.17) is 9.47 Å².